The second kappa shape index (κ2) is 4.64. The number of ether oxygens (including phenoxy) is 1. The third-order valence-electron chi connectivity index (χ3n) is 2.81. The summed E-state index contributed by atoms with van der Waals surface area (Å²) in [5.74, 6) is 0.458. The number of rotatable bonds is 3. The normalized spacial score (nSPS) is 12.4. The number of aryl methyl sites for hydroxylation is 1. The summed E-state index contributed by atoms with van der Waals surface area (Å²) in [4.78, 5) is 22.4. The second-order valence-electron chi connectivity index (χ2n) is 4.28. The quantitative estimate of drug-likeness (QED) is 0.780. The summed E-state index contributed by atoms with van der Waals surface area (Å²) >= 11 is 0. The molecule has 0 unspecified atom stereocenters. The molecule has 2 aromatic rings. The van der Waals surface area contributed by atoms with E-state index in [9.17, 15) is 9.59 Å². The molecule has 1 atom stereocenters. The average Bonchev–Trinajstić information content (AvgIpc) is 2.27. The molecule has 2 rings (SSSR count). The van der Waals surface area contributed by atoms with Crippen LogP contribution in [-0.2, 0) is 4.79 Å². The minimum absolute atomic E-state index is 0.0548. The fraction of sp³-hybridized carbons (Fsp3) is 0.286. The van der Waals surface area contributed by atoms with E-state index in [0.717, 1.165) is 10.9 Å². The zero-order valence-electron chi connectivity index (χ0n) is 10.5. The van der Waals surface area contributed by atoms with Crippen molar-refractivity contribution in [3.05, 3.63) is 40.2 Å². The number of benzene rings is 1. The van der Waals surface area contributed by atoms with Crippen molar-refractivity contribution < 1.29 is 13.9 Å². The van der Waals surface area contributed by atoms with Gasteiger partial charge in [0.05, 0.1) is 0 Å². The number of fused-ring (bicyclic) bond motifs is 1. The van der Waals surface area contributed by atoms with Crippen LogP contribution >= 0.6 is 0 Å². The van der Waals surface area contributed by atoms with Crippen LogP contribution in [0.4, 0.5) is 0 Å². The van der Waals surface area contributed by atoms with Crippen molar-refractivity contribution in [1.29, 1.82) is 0 Å². The first-order valence-electron chi connectivity index (χ1n) is 5.69. The van der Waals surface area contributed by atoms with Crippen molar-refractivity contribution in [3.8, 4) is 5.75 Å². The summed E-state index contributed by atoms with van der Waals surface area (Å²) in [7, 11) is 0. The molecule has 1 aromatic heterocycles. The maximum atomic E-state index is 11.3. The first kappa shape index (κ1) is 12.4. The number of carbonyl (C=O) groups excluding carboxylic acids is 1. The highest BCUT2D eigenvalue weighted by atomic mass is 16.5. The topological polar surface area (TPSA) is 56.5 Å². The molecule has 0 spiro atoms. The average molecular weight is 246 g/mol. The van der Waals surface area contributed by atoms with Crippen LogP contribution in [0.1, 0.15) is 19.4 Å². The Bertz CT molecular complexity index is 654. The molecule has 4 heteroatoms. The van der Waals surface area contributed by atoms with Gasteiger partial charge in [0.15, 0.2) is 11.9 Å². The number of hydrogen-bond donors (Lipinski definition) is 0. The first-order chi connectivity index (χ1) is 8.47. The molecule has 0 radical (unpaired) electrons. The van der Waals surface area contributed by atoms with Crippen LogP contribution < -0.4 is 10.4 Å². The molecule has 0 aliphatic carbocycles. The van der Waals surface area contributed by atoms with Gasteiger partial charge >= 0.3 is 5.63 Å². The third kappa shape index (κ3) is 2.42. The largest absolute Gasteiger partial charge is 0.483 e. The zero-order chi connectivity index (χ0) is 13.3. The molecule has 4 nitrogen and oxygen atoms in total. The first-order valence-corrected chi connectivity index (χ1v) is 5.69. The molecule has 0 bridgehead atoms. The van der Waals surface area contributed by atoms with Gasteiger partial charge in [-0.1, -0.05) is 0 Å². The maximum Gasteiger partial charge on any atom is 0.336 e. The van der Waals surface area contributed by atoms with E-state index in [4.69, 9.17) is 9.15 Å². The Balaban J connectivity index is 2.44. The molecule has 0 aliphatic rings. The van der Waals surface area contributed by atoms with E-state index in [0.29, 0.717) is 11.3 Å². The van der Waals surface area contributed by atoms with Gasteiger partial charge in [0.2, 0.25) is 0 Å². The van der Waals surface area contributed by atoms with Gasteiger partial charge in [0.1, 0.15) is 11.3 Å². The van der Waals surface area contributed by atoms with Gasteiger partial charge in [-0.05, 0) is 38.5 Å². The highest BCUT2D eigenvalue weighted by Crippen LogP contribution is 2.22. The molecule has 0 saturated carbocycles. The summed E-state index contributed by atoms with van der Waals surface area (Å²) < 4.78 is 10.6. The lowest BCUT2D eigenvalue weighted by atomic mass is 10.1. The minimum Gasteiger partial charge on any atom is -0.483 e. The third-order valence-corrected chi connectivity index (χ3v) is 2.81. The Morgan fingerprint density at radius 3 is 2.72 bits per heavy atom. The fourth-order valence-corrected chi connectivity index (χ4v) is 1.67. The highest BCUT2D eigenvalue weighted by molar-refractivity contribution is 5.82. The molecule has 1 aromatic carbocycles. The predicted molar refractivity (Wildman–Crippen MR) is 68.0 cm³/mol. The van der Waals surface area contributed by atoms with Crippen molar-refractivity contribution in [2.45, 2.75) is 26.9 Å². The van der Waals surface area contributed by atoms with Crippen LogP contribution in [0.3, 0.4) is 0 Å². The molecule has 1 heterocycles. The lowest BCUT2D eigenvalue weighted by Gasteiger charge is -2.11. The summed E-state index contributed by atoms with van der Waals surface area (Å²) in [6.07, 6.45) is -0.515. The van der Waals surface area contributed by atoms with Crippen molar-refractivity contribution >= 4 is 16.8 Å². The van der Waals surface area contributed by atoms with Crippen molar-refractivity contribution in [1.82, 2.24) is 0 Å². The Kier molecular flexibility index (Phi) is 3.19. The SMILES string of the molecule is CC(=O)[C@@H](C)Oc1ccc2c(C)cc(=O)oc2c1. The van der Waals surface area contributed by atoms with Gasteiger partial charge in [0.25, 0.3) is 0 Å². The molecular weight excluding hydrogens is 232 g/mol. The Labute approximate surface area is 104 Å². The molecule has 0 fully saturated rings. The summed E-state index contributed by atoms with van der Waals surface area (Å²) in [6.45, 7) is 4.99. The monoisotopic (exact) mass is 246 g/mol. The van der Waals surface area contributed by atoms with E-state index in [1.807, 2.05) is 13.0 Å². The van der Waals surface area contributed by atoms with Crippen LogP contribution in [0.5, 0.6) is 5.75 Å². The second-order valence-corrected chi connectivity index (χ2v) is 4.28. The minimum atomic E-state index is -0.515. The lowest BCUT2D eigenvalue weighted by molar-refractivity contribution is -0.122. The Morgan fingerprint density at radius 2 is 2.06 bits per heavy atom. The molecule has 94 valence electrons. The van der Waals surface area contributed by atoms with Gasteiger partial charge in [0, 0.05) is 17.5 Å². The molecule has 0 saturated heterocycles. The Hall–Kier alpha value is -2.10. The summed E-state index contributed by atoms with van der Waals surface area (Å²) in [6, 6.07) is 6.65. The van der Waals surface area contributed by atoms with Crippen LogP contribution in [0, 0.1) is 6.92 Å². The molecular formula is C14H14O4. The van der Waals surface area contributed by atoms with E-state index >= 15 is 0 Å². The van der Waals surface area contributed by atoms with Crippen LogP contribution in [-0.4, -0.2) is 11.9 Å². The predicted octanol–water partition coefficient (Wildman–Crippen LogP) is 2.46. The van der Waals surface area contributed by atoms with Gasteiger partial charge in [-0.3, -0.25) is 4.79 Å². The smallest absolute Gasteiger partial charge is 0.336 e. The van der Waals surface area contributed by atoms with Crippen molar-refractivity contribution in [2.24, 2.45) is 0 Å². The summed E-state index contributed by atoms with van der Waals surface area (Å²) in [5, 5.41) is 0.859. The van der Waals surface area contributed by atoms with E-state index < -0.39 is 11.7 Å². The highest BCUT2D eigenvalue weighted by Gasteiger charge is 2.10. The van der Waals surface area contributed by atoms with Gasteiger partial charge in [-0.15, -0.1) is 0 Å². The van der Waals surface area contributed by atoms with E-state index in [1.165, 1.54) is 13.0 Å². The van der Waals surface area contributed by atoms with Crippen molar-refractivity contribution in [3.63, 3.8) is 0 Å². The molecule has 18 heavy (non-hydrogen) atoms. The molecule has 0 amide bonds. The van der Waals surface area contributed by atoms with Crippen LogP contribution in [0.15, 0.2) is 33.5 Å². The number of Topliss-reactive ketones (excluding diaryl/α,β-unsaturated/α-hetero) is 1. The van der Waals surface area contributed by atoms with E-state index in [2.05, 4.69) is 0 Å². The number of carbonyl (C=O) groups is 1. The van der Waals surface area contributed by atoms with Gasteiger partial charge < -0.3 is 9.15 Å². The number of ketones is 1. The van der Waals surface area contributed by atoms with Gasteiger partial charge in [-0.2, -0.15) is 0 Å². The maximum absolute atomic E-state index is 11.3. The summed E-state index contributed by atoms with van der Waals surface area (Å²) in [5.41, 5.74) is 0.928. The number of hydrogen-bond acceptors (Lipinski definition) is 4. The Morgan fingerprint density at radius 1 is 1.33 bits per heavy atom. The van der Waals surface area contributed by atoms with E-state index in [-0.39, 0.29) is 5.78 Å². The zero-order valence-corrected chi connectivity index (χ0v) is 10.5. The molecule has 0 aliphatic heterocycles. The molecule has 0 N–H and O–H groups in total. The lowest BCUT2D eigenvalue weighted by Crippen LogP contribution is -2.20. The van der Waals surface area contributed by atoms with Gasteiger partial charge in [-0.25, -0.2) is 4.79 Å². The van der Waals surface area contributed by atoms with Crippen LogP contribution in [0.2, 0.25) is 0 Å². The van der Waals surface area contributed by atoms with E-state index in [1.54, 1.807) is 19.1 Å². The fourth-order valence-electron chi connectivity index (χ4n) is 1.67. The van der Waals surface area contributed by atoms with Crippen molar-refractivity contribution in [2.75, 3.05) is 0 Å². The standard InChI is InChI=1S/C14H14O4/c1-8-6-14(16)18-13-7-11(4-5-12(8)13)17-10(3)9(2)15/h4-7,10H,1-3H3/t10-/m1/s1. The van der Waals surface area contributed by atoms with Crippen LogP contribution in [0.25, 0.3) is 11.0 Å².